The largest absolute Gasteiger partial charge is 0.431 e. The number of thioether (sulfide) groups is 1. The van der Waals surface area contributed by atoms with Gasteiger partial charge in [0, 0.05) is 42.3 Å². The molecule has 2 heterocycles. The van der Waals surface area contributed by atoms with Gasteiger partial charge in [0.05, 0.1) is 18.8 Å². The average Bonchev–Trinajstić information content (AvgIpc) is 3.61. The molecule has 5 aromatic carbocycles. The van der Waals surface area contributed by atoms with Crippen LogP contribution in [0.5, 0.6) is 0 Å². The summed E-state index contributed by atoms with van der Waals surface area (Å²) in [6.45, 7) is 2.00. The van der Waals surface area contributed by atoms with Crippen molar-refractivity contribution in [2.24, 2.45) is 0 Å². The zero-order valence-corrected chi connectivity index (χ0v) is 28.5. The molecule has 6 aromatic rings. The van der Waals surface area contributed by atoms with Gasteiger partial charge in [0.1, 0.15) is 5.69 Å². The molecule has 7 rings (SSSR count). The molecular weight excluding hydrogens is 645 g/mol. The van der Waals surface area contributed by atoms with Crippen LogP contribution in [-0.4, -0.2) is 27.9 Å². The molecule has 0 radical (unpaired) electrons. The minimum atomic E-state index is -0.582. The number of hydrogen-bond donors (Lipinski definition) is 2. The van der Waals surface area contributed by atoms with Crippen molar-refractivity contribution < 1.29 is 23.8 Å². The molecule has 2 N–H and O–H groups in total. The third-order valence-corrected chi connectivity index (χ3v) is 9.64. The molecule has 0 bridgehead atoms. The lowest BCUT2D eigenvalue weighted by Gasteiger charge is -2.36. The molecule has 1 aliphatic heterocycles. The molecule has 50 heavy (non-hydrogen) atoms. The Morgan fingerprint density at radius 2 is 1.44 bits per heavy atom. The Labute approximate surface area is 296 Å². The summed E-state index contributed by atoms with van der Waals surface area (Å²) in [5, 5.41) is 13.1. The molecule has 1 aliphatic rings. The maximum absolute atomic E-state index is 11.4. The van der Waals surface area contributed by atoms with E-state index < -0.39 is 6.29 Å². The van der Waals surface area contributed by atoms with Crippen molar-refractivity contribution in [1.82, 2.24) is 10.3 Å². The molecular formula is C42H38N2O5S. The topological polar surface area (TPSA) is 93.8 Å². The number of oxazole rings is 1. The number of nitrogens with zero attached hydrogens (tertiary/aromatic N) is 1. The van der Waals surface area contributed by atoms with Crippen molar-refractivity contribution in [3.63, 3.8) is 0 Å². The second-order valence-electron chi connectivity index (χ2n) is 12.3. The van der Waals surface area contributed by atoms with Gasteiger partial charge in [-0.25, -0.2) is 4.98 Å². The van der Waals surface area contributed by atoms with Crippen LogP contribution in [0.25, 0.3) is 33.7 Å². The van der Waals surface area contributed by atoms with E-state index in [0.29, 0.717) is 23.9 Å². The number of aliphatic hydroxyl groups excluding tert-OH is 1. The van der Waals surface area contributed by atoms with Gasteiger partial charge in [0.15, 0.2) is 12.1 Å². The van der Waals surface area contributed by atoms with Crippen LogP contribution in [0.4, 0.5) is 0 Å². The first kappa shape index (κ1) is 33.5. The number of ether oxygens (including phenoxy) is 2. The summed E-state index contributed by atoms with van der Waals surface area (Å²) in [5.74, 6) is 1.31. The Hall–Kier alpha value is -4.99. The number of carbonyl (C=O) groups is 1. The molecule has 1 amide bonds. The number of carbonyl (C=O) groups excluding carboxylic acids is 1. The van der Waals surface area contributed by atoms with Crippen molar-refractivity contribution in [3.8, 4) is 33.7 Å². The third-order valence-electron chi connectivity index (χ3n) is 8.68. The zero-order chi connectivity index (χ0) is 34.3. The van der Waals surface area contributed by atoms with Gasteiger partial charge in [0.2, 0.25) is 5.91 Å². The van der Waals surface area contributed by atoms with Crippen LogP contribution in [-0.2, 0) is 27.4 Å². The maximum Gasteiger partial charge on any atom is 0.256 e. The molecule has 0 saturated carbocycles. The number of aliphatic hydroxyl groups is 1. The Morgan fingerprint density at radius 1 is 0.760 bits per heavy atom. The summed E-state index contributed by atoms with van der Waals surface area (Å²) in [6.07, 6.45) is -0.291. The van der Waals surface area contributed by atoms with Crippen LogP contribution < -0.4 is 5.32 Å². The van der Waals surface area contributed by atoms with Gasteiger partial charge >= 0.3 is 0 Å². The average molecular weight is 683 g/mol. The Kier molecular flexibility index (Phi) is 10.5. The van der Waals surface area contributed by atoms with Gasteiger partial charge in [-0.05, 0) is 33.9 Å². The highest BCUT2D eigenvalue weighted by atomic mass is 32.2. The highest BCUT2D eigenvalue weighted by molar-refractivity contribution is 7.99. The lowest BCUT2D eigenvalue weighted by molar-refractivity contribution is -0.245. The molecule has 0 unspecified atom stereocenters. The summed E-state index contributed by atoms with van der Waals surface area (Å²) in [5.41, 5.74) is 8.76. The van der Waals surface area contributed by atoms with E-state index in [1.165, 1.54) is 6.92 Å². The Balaban J connectivity index is 1.12. The van der Waals surface area contributed by atoms with Crippen molar-refractivity contribution in [2.45, 2.75) is 50.2 Å². The number of rotatable bonds is 11. The molecule has 0 aliphatic carbocycles. The highest BCUT2D eigenvalue weighted by Crippen LogP contribution is 2.41. The summed E-state index contributed by atoms with van der Waals surface area (Å²) >= 11 is 1.54. The van der Waals surface area contributed by atoms with E-state index in [4.69, 9.17) is 18.9 Å². The SMILES string of the molecule is CC(=O)NCc1cccc(-c2ccc([C@@H]3O[C@H](CSc4nc(-c5ccccc5)c(-c5ccccc5)o4)C[C@H](c4ccc(CO)cc4)O3)cc2)c1. The zero-order valence-electron chi connectivity index (χ0n) is 27.7. The van der Waals surface area contributed by atoms with E-state index in [9.17, 15) is 9.90 Å². The fraction of sp³-hybridized carbons (Fsp3) is 0.190. The predicted molar refractivity (Wildman–Crippen MR) is 196 cm³/mol. The van der Waals surface area contributed by atoms with Crippen molar-refractivity contribution in [2.75, 3.05) is 5.75 Å². The number of nitrogens with one attached hydrogen (secondary N) is 1. The first-order valence-electron chi connectivity index (χ1n) is 16.7. The van der Waals surface area contributed by atoms with Crippen molar-refractivity contribution in [1.29, 1.82) is 0 Å². The predicted octanol–water partition coefficient (Wildman–Crippen LogP) is 9.14. The Bertz CT molecular complexity index is 1960. The molecule has 8 heteroatoms. The van der Waals surface area contributed by atoms with E-state index >= 15 is 0 Å². The van der Waals surface area contributed by atoms with Crippen LogP contribution in [0.1, 0.15) is 48.0 Å². The lowest BCUT2D eigenvalue weighted by atomic mass is 9.99. The first-order valence-corrected chi connectivity index (χ1v) is 17.7. The Morgan fingerprint density at radius 3 is 2.14 bits per heavy atom. The lowest BCUT2D eigenvalue weighted by Crippen LogP contribution is -2.31. The summed E-state index contributed by atoms with van der Waals surface area (Å²) in [4.78, 5) is 16.4. The van der Waals surface area contributed by atoms with Gasteiger partial charge < -0.3 is 24.3 Å². The smallest absolute Gasteiger partial charge is 0.256 e. The first-order chi connectivity index (χ1) is 24.5. The standard InChI is InChI=1S/C42H38N2O5S/c1-28(46)43-25-30-9-8-14-36(23-30)31-19-21-35(22-20-31)41-47-37(24-38(48-41)32-17-15-29(26-45)16-18-32)27-50-42-44-39(33-10-4-2-5-11-33)40(49-42)34-12-6-3-7-13-34/h2-23,37-38,41,45H,24-27H2,1H3,(H,43,46)/t37-,38+,41+/m0/s1. The van der Waals surface area contributed by atoms with E-state index in [0.717, 1.165) is 56.0 Å². The van der Waals surface area contributed by atoms with Crippen LogP contribution in [0.15, 0.2) is 143 Å². The molecule has 252 valence electrons. The minimum Gasteiger partial charge on any atom is -0.431 e. The molecule has 7 nitrogen and oxygen atoms in total. The fourth-order valence-corrected chi connectivity index (χ4v) is 6.89. The number of benzene rings is 5. The summed E-state index contributed by atoms with van der Waals surface area (Å²) in [7, 11) is 0. The van der Waals surface area contributed by atoms with E-state index in [2.05, 4.69) is 29.6 Å². The number of aromatic nitrogens is 1. The van der Waals surface area contributed by atoms with Crippen LogP contribution >= 0.6 is 11.8 Å². The van der Waals surface area contributed by atoms with Crippen molar-refractivity contribution >= 4 is 17.7 Å². The van der Waals surface area contributed by atoms with Gasteiger partial charge in [-0.3, -0.25) is 4.79 Å². The van der Waals surface area contributed by atoms with E-state index in [1.54, 1.807) is 11.8 Å². The number of hydrogen-bond acceptors (Lipinski definition) is 7. The highest BCUT2D eigenvalue weighted by Gasteiger charge is 2.33. The van der Waals surface area contributed by atoms with Gasteiger partial charge in [-0.2, -0.15) is 0 Å². The van der Waals surface area contributed by atoms with E-state index in [1.807, 2.05) is 109 Å². The summed E-state index contributed by atoms with van der Waals surface area (Å²) in [6, 6.07) is 44.5. The second-order valence-corrected chi connectivity index (χ2v) is 13.3. The quantitative estimate of drug-likeness (QED) is 0.132. The molecule has 0 spiro atoms. The van der Waals surface area contributed by atoms with Crippen LogP contribution in [0.2, 0.25) is 0 Å². The van der Waals surface area contributed by atoms with Gasteiger partial charge in [0.25, 0.3) is 5.22 Å². The molecule has 1 fully saturated rings. The van der Waals surface area contributed by atoms with Gasteiger partial charge in [-0.1, -0.05) is 139 Å². The fourth-order valence-electron chi connectivity index (χ4n) is 6.05. The molecule has 1 saturated heterocycles. The summed E-state index contributed by atoms with van der Waals surface area (Å²) < 4.78 is 19.6. The molecule has 1 aromatic heterocycles. The third kappa shape index (κ3) is 8.07. The van der Waals surface area contributed by atoms with Gasteiger partial charge in [-0.15, -0.1) is 0 Å². The normalized spacial score (nSPS) is 17.4. The van der Waals surface area contributed by atoms with E-state index in [-0.39, 0.29) is 24.7 Å². The minimum absolute atomic E-state index is 0.00854. The molecule has 3 atom stereocenters. The van der Waals surface area contributed by atoms with Crippen LogP contribution in [0, 0.1) is 0 Å². The maximum atomic E-state index is 11.4. The van der Waals surface area contributed by atoms with Crippen molar-refractivity contribution in [3.05, 3.63) is 156 Å². The monoisotopic (exact) mass is 682 g/mol. The van der Waals surface area contributed by atoms with Crippen LogP contribution in [0.3, 0.4) is 0 Å². The second kappa shape index (κ2) is 15.7. The number of amides is 1.